The van der Waals surface area contributed by atoms with E-state index in [1.807, 2.05) is 41.3 Å². The first-order chi connectivity index (χ1) is 16.1. The third-order valence-electron chi connectivity index (χ3n) is 6.43. The number of carbonyl (C=O) groups is 2. The summed E-state index contributed by atoms with van der Waals surface area (Å²) in [5.41, 5.74) is 3.10. The average Bonchev–Trinajstić information content (AvgIpc) is 2.88. The average molecular weight is 444 g/mol. The van der Waals surface area contributed by atoms with Crippen molar-refractivity contribution in [3.05, 3.63) is 84.2 Å². The van der Waals surface area contributed by atoms with Crippen molar-refractivity contribution < 1.29 is 14.3 Å². The number of carbonyl (C=O) groups excluding carboxylic acids is 2. The van der Waals surface area contributed by atoms with Gasteiger partial charge in [0.15, 0.2) is 0 Å². The van der Waals surface area contributed by atoms with Gasteiger partial charge in [0.25, 0.3) is 5.91 Å². The number of methoxy groups -OCH3 is 1. The molecule has 0 bridgehead atoms. The van der Waals surface area contributed by atoms with E-state index >= 15 is 0 Å². The first kappa shape index (κ1) is 22.5. The Balaban J connectivity index is 1.66. The Hall–Kier alpha value is -3.67. The molecule has 0 saturated carbocycles. The van der Waals surface area contributed by atoms with Gasteiger partial charge in [0.2, 0.25) is 5.91 Å². The van der Waals surface area contributed by atoms with E-state index in [1.165, 1.54) is 0 Å². The molecule has 1 aromatic heterocycles. The lowest BCUT2D eigenvalue weighted by Crippen LogP contribution is -2.54. The van der Waals surface area contributed by atoms with Crippen LogP contribution in [-0.4, -0.2) is 48.9 Å². The zero-order valence-corrected chi connectivity index (χ0v) is 19.1. The fraction of sp³-hybridized carbons (Fsp3) is 0.296. The molecule has 2 heterocycles. The minimum atomic E-state index is -0.704. The van der Waals surface area contributed by atoms with E-state index in [9.17, 15) is 9.59 Å². The van der Waals surface area contributed by atoms with Gasteiger partial charge in [-0.3, -0.25) is 14.6 Å². The number of likely N-dealkylation sites (tertiary alicyclic amines) is 1. The van der Waals surface area contributed by atoms with Crippen molar-refractivity contribution in [2.24, 2.45) is 5.41 Å². The lowest BCUT2D eigenvalue weighted by atomic mass is 9.73. The van der Waals surface area contributed by atoms with Crippen LogP contribution in [0.1, 0.15) is 28.8 Å². The van der Waals surface area contributed by atoms with E-state index in [0.29, 0.717) is 30.8 Å². The van der Waals surface area contributed by atoms with Gasteiger partial charge in [-0.25, -0.2) is 0 Å². The lowest BCUT2D eigenvalue weighted by Gasteiger charge is -2.42. The predicted octanol–water partition coefficient (Wildman–Crippen LogP) is 3.97. The second kappa shape index (κ2) is 9.86. The maximum absolute atomic E-state index is 13.3. The first-order valence-corrected chi connectivity index (χ1v) is 11.2. The number of pyridine rings is 1. The quantitative estimate of drug-likeness (QED) is 0.626. The van der Waals surface area contributed by atoms with Gasteiger partial charge in [0.05, 0.1) is 12.5 Å². The van der Waals surface area contributed by atoms with Crippen LogP contribution >= 0.6 is 0 Å². The SMILES string of the molecule is CNC(=O)C1(Cc2ccccc2-c2ccncc2)CCCN(C(=O)c2cccc(OC)c2)C1. The van der Waals surface area contributed by atoms with Crippen LogP contribution in [-0.2, 0) is 11.2 Å². The third kappa shape index (κ3) is 4.75. The molecule has 0 spiro atoms. The second-order valence-electron chi connectivity index (χ2n) is 8.49. The Morgan fingerprint density at radius 2 is 1.88 bits per heavy atom. The monoisotopic (exact) mass is 443 g/mol. The number of nitrogens with zero attached hydrogens (tertiary/aromatic N) is 2. The van der Waals surface area contributed by atoms with Crippen LogP contribution in [0.25, 0.3) is 11.1 Å². The molecule has 6 heteroatoms. The second-order valence-corrected chi connectivity index (χ2v) is 8.49. The summed E-state index contributed by atoms with van der Waals surface area (Å²) in [6.45, 7) is 0.994. The van der Waals surface area contributed by atoms with E-state index in [0.717, 1.165) is 29.5 Å². The lowest BCUT2D eigenvalue weighted by molar-refractivity contribution is -0.133. The maximum Gasteiger partial charge on any atom is 0.254 e. The standard InChI is InChI=1S/C27H29N3O3/c1-28-26(32)27(18-22-7-3-4-10-24(22)20-11-14-29-15-12-20)13-6-16-30(19-27)25(31)21-8-5-9-23(17-21)33-2/h3-5,7-12,14-15,17H,6,13,16,18-19H2,1-2H3,(H,28,32). The Morgan fingerprint density at radius 1 is 1.09 bits per heavy atom. The number of rotatable bonds is 6. The zero-order valence-electron chi connectivity index (χ0n) is 19.1. The molecule has 0 radical (unpaired) electrons. The highest BCUT2D eigenvalue weighted by atomic mass is 16.5. The molecular weight excluding hydrogens is 414 g/mol. The zero-order chi connectivity index (χ0) is 23.3. The van der Waals surface area contributed by atoms with Crippen molar-refractivity contribution in [1.29, 1.82) is 0 Å². The van der Waals surface area contributed by atoms with Gasteiger partial charge in [-0.05, 0) is 66.3 Å². The van der Waals surface area contributed by atoms with E-state index in [4.69, 9.17) is 4.74 Å². The maximum atomic E-state index is 13.3. The minimum absolute atomic E-state index is 0.0322. The summed E-state index contributed by atoms with van der Waals surface area (Å²) in [7, 11) is 3.25. The van der Waals surface area contributed by atoms with Crippen molar-refractivity contribution in [2.75, 3.05) is 27.2 Å². The van der Waals surface area contributed by atoms with Crippen LogP contribution in [0.2, 0.25) is 0 Å². The van der Waals surface area contributed by atoms with Gasteiger partial charge < -0.3 is 15.0 Å². The highest BCUT2D eigenvalue weighted by Gasteiger charge is 2.43. The summed E-state index contributed by atoms with van der Waals surface area (Å²) in [6.07, 6.45) is 5.58. The molecular formula is C27H29N3O3. The molecule has 4 rings (SSSR count). The first-order valence-electron chi connectivity index (χ1n) is 11.2. The molecule has 1 atom stereocenters. The Labute approximate surface area is 194 Å². The summed E-state index contributed by atoms with van der Waals surface area (Å²) in [4.78, 5) is 32.5. The summed E-state index contributed by atoms with van der Waals surface area (Å²) in [5, 5.41) is 2.87. The molecule has 1 aliphatic rings. The van der Waals surface area contributed by atoms with Gasteiger partial charge >= 0.3 is 0 Å². The summed E-state index contributed by atoms with van der Waals surface area (Å²) < 4.78 is 5.28. The number of piperidine rings is 1. The molecule has 0 aliphatic carbocycles. The highest BCUT2D eigenvalue weighted by molar-refractivity contribution is 5.95. The van der Waals surface area contributed by atoms with Crippen LogP contribution in [0, 0.1) is 5.41 Å². The number of hydrogen-bond donors (Lipinski definition) is 1. The highest BCUT2D eigenvalue weighted by Crippen LogP contribution is 2.37. The molecule has 1 fully saturated rings. The van der Waals surface area contributed by atoms with Gasteiger partial charge in [-0.2, -0.15) is 0 Å². The minimum Gasteiger partial charge on any atom is -0.497 e. The normalized spacial score (nSPS) is 17.9. The van der Waals surface area contributed by atoms with E-state index < -0.39 is 5.41 Å². The number of amides is 2. The third-order valence-corrected chi connectivity index (χ3v) is 6.43. The van der Waals surface area contributed by atoms with Gasteiger partial charge in [0, 0.05) is 38.1 Å². The van der Waals surface area contributed by atoms with Crippen molar-refractivity contribution in [3.63, 3.8) is 0 Å². The van der Waals surface area contributed by atoms with E-state index in [-0.39, 0.29) is 11.8 Å². The van der Waals surface area contributed by atoms with Crippen molar-refractivity contribution in [3.8, 4) is 16.9 Å². The Kier molecular flexibility index (Phi) is 6.73. The molecule has 1 saturated heterocycles. The van der Waals surface area contributed by atoms with Crippen LogP contribution in [0.5, 0.6) is 5.75 Å². The Morgan fingerprint density at radius 3 is 2.64 bits per heavy atom. The van der Waals surface area contributed by atoms with Crippen molar-refractivity contribution in [2.45, 2.75) is 19.3 Å². The van der Waals surface area contributed by atoms with Crippen LogP contribution in [0.15, 0.2) is 73.1 Å². The number of benzene rings is 2. The molecule has 33 heavy (non-hydrogen) atoms. The number of nitrogens with one attached hydrogen (secondary N) is 1. The molecule has 1 N–H and O–H groups in total. The number of hydrogen-bond acceptors (Lipinski definition) is 4. The van der Waals surface area contributed by atoms with E-state index in [2.05, 4.69) is 22.4 Å². The predicted molar refractivity (Wildman–Crippen MR) is 128 cm³/mol. The number of ether oxygens (including phenoxy) is 1. The van der Waals surface area contributed by atoms with Gasteiger partial charge in [-0.15, -0.1) is 0 Å². The van der Waals surface area contributed by atoms with Crippen LogP contribution in [0.3, 0.4) is 0 Å². The summed E-state index contributed by atoms with van der Waals surface area (Å²) in [5.74, 6) is 0.529. The van der Waals surface area contributed by atoms with Crippen molar-refractivity contribution >= 4 is 11.8 Å². The summed E-state index contributed by atoms with van der Waals surface area (Å²) in [6, 6.07) is 19.3. The van der Waals surface area contributed by atoms with Crippen LogP contribution < -0.4 is 10.1 Å². The van der Waals surface area contributed by atoms with Gasteiger partial charge in [0.1, 0.15) is 5.75 Å². The molecule has 2 amide bonds. The molecule has 1 unspecified atom stereocenters. The molecule has 1 aliphatic heterocycles. The molecule has 170 valence electrons. The van der Waals surface area contributed by atoms with E-state index in [1.54, 1.807) is 38.7 Å². The fourth-order valence-corrected chi connectivity index (χ4v) is 4.77. The van der Waals surface area contributed by atoms with Crippen LogP contribution in [0.4, 0.5) is 0 Å². The largest absolute Gasteiger partial charge is 0.497 e. The smallest absolute Gasteiger partial charge is 0.254 e. The topological polar surface area (TPSA) is 71.5 Å². The summed E-state index contributed by atoms with van der Waals surface area (Å²) >= 11 is 0. The van der Waals surface area contributed by atoms with Gasteiger partial charge in [-0.1, -0.05) is 30.3 Å². The molecule has 2 aromatic carbocycles. The van der Waals surface area contributed by atoms with Crippen molar-refractivity contribution in [1.82, 2.24) is 15.2 Å². The Bertz CT molecular complexity index is 1130. The molecule has 3 aromatic rings. The molecule has 6 nitrogen and oxygen atoms in total. The fourth-order valence-electron chi connectivity index (χ4n) is 4.77. The number of aromatic nitrogens is 1.